The van der Waals surface area contributed by atoms with Crippen molar-refractivity contribution in [2.45, 2.75) is 112 Å². The fourth-order valence-electron chi connectivity index (χ4n) is 2.12. The van der Waals surface area contributed by atoms with Crippen LogP contribution in [0.15, 0.2) is 10.2 Å². The highest BCUT2D eigenvalue weighted by atomic mass is 16.2. The zero-order chi connectivity index (χ0) is 25.2. The molecule has 0 aliphatic rings. The van der Waals surface area contributed by atoms with Gasteiger partial charge in [0.25, 0.3) is 0 Å². The van der Waals surface area contributed by atoms with Crippen LogP contribution in [0.25, 0.3) is 0 Å². The number of hydrogen-bond donors (Lipinski definition) is 3. The van der Waals surface area contributed by atoms with Crippen LogP contribution >= 0.6 is 0 Å². The molecular formula is C24H49N5O3. The summed E-state index contributed by atoms with van der Waals surface area (Å²) in [6, 6.07) is 0. The number of rotatable bonds is 14. The molecule has 8 nitrogen and oxygen atoms in total. The average Bonchev–Trinajstić information content (AvgIpc) is 2.73. The number of carbonyl (C=O) groups excluding carboxylic acids is 3. The van der Waals surface area contributed by atoms with Crippen molar-refractivity contribution in [2.75, 3.05) is 19.6 Å². The number of nitrogens with one attached hydrogen (secondary N) is 3. The number of hydrogen-bond acceptors (Lipinski definition) is 5. The third-order valence-electron chi connectivity index (χ3n) is 4.65. The monoisotopic (exact) mass is 455 g/mol. The van der Waals surface area contributed by atoms with Gasteiger partial charge in [-0.2, -0.15) is 10.2 Å². The van der Waals surface area contributed by atoms with Gasteiger partial charge in [0.2, 0.25) is 17.7 Å². The maximum Gasteiger partial charge on any atom is 0.249 e. The first-order chi connectivity index (χ1) is 14.9. The van der Waals surface area contributed by atoms with Crippen LogP contribution in [0, 0.1) is 5.92 Å². The van der Waals surface area contributed by atoms with Gasteiger partial charge >= 0.3 is 0 Å². The summed E-state index contributed by atoms with van der Waals surface area (Å²) in [7, 11) is 0. The second-order valence-corrected chi connectivity index (χ2v) is 9.34. The van der Waals surface area contributed by atoms with E-state index in [4.69, 9.17) is 0 Å². The van der Waals surface area contributed by atoms with Crippen LogP contribution in [0.1, 0.15) is 101 Å². The van der Waals surface area contributed by atoms with Crippen LogP contribution in [-0.4, -0.2) is 48.4 Å². The molecule has 0 heterocycles. The van der Waals surface area contributed by atoms with E-state index in [1.54, 1.807) is 27.7 Å². The molecule has 0 radical (unpaired) electrons. The number of unbranched alkanes of at least 4 members (excludes halogenated alkanes) is 3. The Kier molecular flexibility index (Phi) is 17.7. The van der Waals surface area contributed by atoms with Crippen LogP contribution in [0.2, 0.25) is 0 Å². The van der Waals surface area contributed by atoms with E-state index in [2.05, 4.69) is 47.0 Å². The number of nitrogens with zero attached hydrogens (tertiary/aromatic N) is 2. The van der Waals surface area contributed by atoms with Gasteiger partial charge in [0.15, 0.2) is 11.1 Å². The quantitative estimate of drug-likeness (QED) is 0.267. The molecule has 0 aromatic rings. The van der Waals surface area contributed by atoms with Crippen molar-refractivity contribution in [1.82, 2.24) is 16.0 Å². The Balaban J connectivity index is 0. The molecule has 0 saturated heterocycles. The summed E-state index contributed by atoms with van der Waals surface area (Å²) in [4.78, 5) is 35.1. The standard InChI is InChI=1S/C16H32N4O2.C8H17NO/c1-7-9-11-17-13(21)15(3,4)19-20-16(5,6)14(22)18-12-10-8-2;1-4-5-6-9-8(10)7(2)3/h7-12H2,1-6H3,(H,17,21)(H,18,22);7H,4-6H2,1-3H3,(H,9,10). The van der Waals surface area contributed by atoms with Crippen LogP contribution < -0.4 is 16.0 Å². The molecule has 0 aliphatic carbocycles. The maximum atomic E-state index is 12.1. The summed E-state index contributed by atoms with van der Waals surface area (Å²) in [6.45, 7) is 18.9. The van der Waals surface area contributed by atoms with E-state index in [0.717, 1.165) is 45.1 Å². The predicted molar refractivity (Wildman–Crippen MR) is 132 cm³/mol. The highest BCUT2D eigenvalue weighted by Gasteiger charge is 2.31. The first kappa shape index (κ1) is 32.2. The molecule has 0 saturated carbocycles. The Morgan fingerprint density at radius 3 is 1.25 bits per heavy atom. The lowest BCUT2D eigenvalue weighted by Crippen LogP contribution is -2.43. The van der Waals surface area contributed by atoms with Gasteiger partial charge in [-0.1, -0.05) is 53.9 Å². The van der Waals surface area contributed by atoms with Gasteiger partial charge in [-0.15, -0.1) is 0 Å². The molecule has 0 rings (SSSR count). The molecule has 3 amide bonds. The molecule has 0 aromatic carbocycles. The van der Waals surface area contributed by atoms with Gasteiger partial charge in [-0.05, 0) is 47.0 Å². The number of carbonyl (C=O) groups is 3. The van der Waals surface area contributed by atoms with Crippen molar-refractivity contribution in [2.24, 2.45) is 16.1 Å². The average molecular weight is 456 g/mol. The zero-order valence-electron chi connectivity index (χ0n) is 22.1. The molecule has 3 N–H and O–H groups in total. The fraction of sp³-hybridized carbons (Fsp3) is 0.875. The van der Waals surface area contributed by atoms with E-state index in [0.29, 0.717) is 13.1 Å². The van der Waals surface area contributed by atoms with Crippen molar-refractivity contribution in [3.8, 4) is 0 Å². The largest absolute Gasteiger partial charge is 0.356 e. The normalized spacial score (nSPS) is 11.7. The molecule has 8 heteroatoms. The summed E-state index contributed by atoms with van der Waals surface area (Å²) in [5.41, 5.74) is -1.95. The zero-order valence-corrected chi connectivity index (χ0v) is 22.1. The van der Waals surface area contributed by atoms with Gasteiger partial charge < -0.3 is 16.0 Å². The summed E-state index contributed by atoms with van der Waals surface area (Å²) >= 11 is 0. The molecule has 32 heavy (non-hydrogen) atoms. The van der Waals surface area contributed by atoms with E-state index in [1.807, 2.05) is 13.8 Å². The summed E-state index contributed by atoms with van der Waals surface area (Å²) in [6.07, 6.45) is 6.13. The second kappa shape index (κ2) is 17.6. The third kappa shape index (κ3) is 15.8. The minimum absolute atomic E-state index is 0.122. The van der Waals surface area contributed by atoms with Gasteiger partial charge in [0.05, 0.1) is 0 Å². The topological polar surface area (TPSA) is 112 Å². The van der Waals surface area contributed by atoms with Gasteiger partial charge in [-0.3, -0.25) is 14.4 Å². The van der Waals surface area contributed by atoms with Crippen molar-refractivity contribution in [3.05, 3.63) is 0 Å². The molecule has 0 aromatic heterocycles. The first-order valence-electron chi connectivity index (χ1n) is 12.1. The van der Waals surface area contributed by atoms with Crippen LogP contribution in [0.3, 0.4) is 0 Å². The first-order valence-corrected chi connectivity index (χ1v) is 12.1. The Morgan fingerprint density at radius 2 is 0.969 bits per heavy atom. The second-order valence-electron chi connectivity index (χ2n) is 9.34. The summed E-state index contributed by atoms with van der Waals surface area (Å²) in [5, 5.41) is 16.7. The highest BCUT2D eigenvalue weighted by molar-refractivity contribution is 5.86. The van der Waals surface area contributed by atoms with E-state index in [-0.39, 0.29) is 23.6 Å². The smallest absolute Gasteiger partial charge is 0.249 e. The number of amides is 3. The Hall–Kier alpha value is -1.99. The molecule has 0 spiro atoms. The highest BCUT2D eigenvalue weighted by Crippen LogP contribution is 2.16. The number of azo groups is 1. The molecule has 0 bridgehead atoms. The molecule has 188 valence electrons. The van der Waals surface area contributed by atoms with E-state index < -0.39 is 11.1 Å². The Labute approximate surface area is 196 Å². The molecule has 0 fully saturated rings. The molecular weight excluding hydrogens is 406 g/mol. The SMILES string of the molecule is CCCCNC(=O)C(C)(C)N=NC(C)(C)C(=O)NCCCC.CCCCNC(=O)C(C)C. The van der Waals surface area contributed by atoms with Crippen molar-refractivity contribution >= 4 is 17.7 Å². The third-order valence-corrected chi connectivity index (χ3v) is 4.65. The Morgan fingerprint density at radius 1 is 0.656 bits per heavy atom. The van der Waals surface area contributed by atoms with Crippen LogP contribution in [-0.2, 0) is 14.4 Å². The van der Waals surface area contributed by atoms with Crippen molar-refractivity contribution in [3.63, 3.8) is 0 Å². The lowest BCUT2D eigenvalue weighted by atomic mass is 10.0. The van der Waals surface area contributed by atoms with Crippen LogP contribution in [0.5, 0.6) is 0 Å². The Bertz CT molecular complexity index is 536. The lowest BCUT2D eigenvalue weighted by molar-refractivity contribution is -0.127. The maximum absolute atomic E-state index is 12.1. The molecule has 0 aliphatic heterocycles. The van der Waals surface area contributed by atoms with E-state index >= 15 is 0 Å². The van der Waals surface area contributed by atoms with Gasteiger partial charge in [0, 0.05) is 25.6 Å². The molecule has 0 unspecified atom stereocenters. The van der Waals surface area contributed by atoms with Gasteiger partial charge in [0.1, 0.15) is 0 Å². The molecule has 0 atom stereocenters. The van der Waals surface area contributed by atoms with Crippen molar-refractivity contribution in [1.29, 1.82) is 0 Å². The van der Waals surface area contributed by atoms with Crippen LogP contribution in [0.4, 0.5) is 0 Å². The minimum atomic E-state index is -0.977. The lowest BCUT2D eigenvalue weighted by Gasteiger charge is -2.22. The predicted octanol–water partition coefficient (Wildman–Crippen LogP) is 4.39. The summed E-state index contributed by atoms with van der Waals surface area (Å²) in [5.74, 6) is -0.0657. The van der Waals surface area contributed by atoms with Crippen molar-refractivity contribution < 1.29 is 14.4 Å². The summed E-state index contributed by atoms with van der Waals surface area (Å²) < 4.78 is 0. The minimum Gasteiger partial charge on any atom is -0.356 e. The van der Waals surface area contributed by atoms with E-state index in [9.17, 15) is 14.4 Å². The van der Waals surface area contributed by atoms with E-state index in [1.165, 1.54) is 0 Å². The van der Waals surface area contributed by atoms with Gasteiger partial charge in [-0.25, -0.2) is 0 Å². The fourth-order valence-corrected chi connectivity index (χ4v) is 2.12.